The standard InChI is InChI=1S/C17H34N4S/c1-5-18-16(19-14-17(2,3)22-4)21-11-8-15(13-21)12-20-9-6-7-10-20/h15H,5-14H2,1-4H3,(H,18,19). The number of thioether (sulfide) groups is 1. The minimum absolute atomic E-state index is 0.218. The summed E-state index contributed by atoms with van der Waals surface area (Å²) >= 11 is 1.89. The van der Waals surface area contributed by atoms with E-state index in [2.05, 4.69) is 42.1 Å². The lowest BCUT2D eigenvalue weighted by Gasteiger charge is -2.25. The van der Waals surface area contributed by atoms with Gasteiger partial charge in [0.1, 0.15) is 0 Å². The third-order valence-electron chi connectivity index (χ3n) is 4.80. The smallest absolute Gasteiger partial charge is 0.193 e. The molecule has 22 heavy (non-hydrogen) atoms. The number of rotatable bonds is 6. The van der Waals surface area contributed by atoms with Crippen LogP contribution in [0.5, 0.6) is 0 Å². The fourth-order valence-electron chi connectivity index (χ4n) is 3.26. The van der Waals surface area contributed by atoms with Crippen molar-refractivity contribution in [3.63, 3.8) is 0 Å². The largest absolute Gasteiger partial charge is 0.357 e. The van der Waals surface area contributed by atoms with Crippen LogP contribution in [-0.2, 0) is 0 Å². The molecule has 0 radical (unpaired) electrons. The Morgan fingerprint density at radius 3 is 2.64 bits per heavy atom. The molecule has 5 heteroatoms. The number of likely N-dealkylation sites (tertiary alicyclic amines) is 2. The lowest BCUT2D eigenvalue weighted by atomic mass is 10.1. The molecule has 0 aliphatic carbocycles. The lowest BCUT2D eigenvalue weighted by Crippen LogP contribution is -2.41. The van der Waals surface area contributed by atoms with Crippen molar-refractivity contribution in [1.29, 1.82) is 0 Å². The van der Waals surface area contributed by atoms with Gasteiger partial charge in [-0.3, -0.25) is 4.99 Å². The van der Waals surface area contributed by atoms with Crippen LogP contribution in [0.15, 0.2) is 4.99 Å². The fraction of sp³-hybridized carbons (Fsp3) is 0.941. The van der Waals surface area contributed by atoms with Crippen LogP contribution in [0, 0.1) is 5.92 Å². The molecule has 0 spiro atoms. The maximum absolute atomic E-state index is 4.90. The van der Waals surface area contributed by atoms with Crippen molar-refractivity contribution >= 4 is 17.7 Å². The second-order valence-corrected chi connectivity index (χ2v) is 8.76. The summed E-state index contributed by atoms with van der Waals surface area (Å²) in [6.45, 7) is 14.8. The third-order valence-corrected chi connectivity index (χ3v) is 6.03. The Hall–Kier alpha value is -0.420. The Morgan fingerprint density at radius 1 is 1.27 bits per heavy atom. The molecule has 2 aliphatic heterocycles. The van der Waals surface area contributed by atoms with Crippen LogP contribution in [0.4, 0.5) is 0 Å². The van der Waals surface area contributed by atoms with Crippen LogP contribution >= 0.6 is 11.8 Å². The van der Waals surface area contributed by atoms with Gasteiger partial charge in [0.05, 0.1) is 6.54 Å². The normalized spacial score (nSPS) is 24.3. The van der Waals surface area contributed by atoms with Gasteiger partial charge in [-0.05, 0) is 65.3 Å². The zero-order valence-electron chi connectivity index (χ0n) is 14.9. The van der Waals surface area contributed by atoms with Crippen LogP contribution in [0.3, 0.4) is 0 Å². The van der Waals surface area contributed by atoms with Crippen molar-refractivity contribution in [2.45, 2.75) is 44.8 Å². The minimum Gasteiger partial charge on any atom is -0.357 e. The zero-order chi connectivity index (χ0) is 16.0. The zero-order valence-corrected chi connectivity index (χ0v) is 15.7. The van der Waals surface area contributed by atoms with E-state index < -0.39 is 0 Å². The predicted octanol–water partition coefficient (Wildman–Crippen LogP) is 2.51. The molecule has 0 amide bonds. The van der Waals surface area contributed by atoms with Gasteiger partial charge in [-0.25, -0.2) is 0 Å². The third kappa shape index (κ3) is 5.34. The number of nitrogens with one attached hydrogen (secondary N) is 1. The Kier molecular flexibility index (Phi) is 6.87. The topological polar surface area (TPSA) is 30.9 Å². The van der Waals surface area contributed by atoms with Gasteiger partial charge >= 0.3 is 0 Å². The van der Waals surface area contributed by atoms with Crippen LogP contribution in [0.25, 0.3) is 0 Å². The first kappa shape index (κ1) is 17.9. The summed E-state index contributed by atoms with van der Waals surface area (Å²) in [5, 5.41) is 3.49. The Morgan fingerprint density at radius 2 is 2.00 bits per heavy atom. The summed E-state index contributed by atoms with van der Waals surface area (Å²) < 4.78 is 0.218. The monoisotopic (exact) mass is 326 g/mol. The van der Waals surface area contributed by atoms with Crippen molar-refractivity contribution in [3.05, 3.63) is 0 Å². The molecule has 2 fully saturated rings. The molecule has 0 aromatic carbocycles. The van der Waals surface area contributed by atoms with E-state index in [0.717, 1.165) is 31.5 Å². The number of hydrogen-bond donors (Lipinski definition) is 1. The average Bonchev–Trinajstić information content (AvgIpc) is 3.16. The Balaban J connectivity index is 1.87. The van der Waals surface area contributed by atoms with Crippen molar-refractivity contribution in [3.8, 4) is 0 Å². The van der Waals surface area contributed by atoms with Crippen LogP contribution in [-0.4, -0.2) is 72.6 Å². The van der Waals surface area contributed by atoms with Gasteiger partial charge in [0.2, 0.25) is 0 Å². The second kappa shape index (κ2) is 8.44. The average molecular weight is 327 g/mol. The molecule has 2 rings (SSSR count). The highest BCUT2D eigenvalue weighted by molar-refractivity contribution is 7.99. The molecule has 0 aromatic heterocycles. The van der Waals surface area contributed by atoms with Crippen LogP contribution in [0.1, 0.15) is 40.0 Å². The van der Waals surface area contributed by atoms with E-state index in [1.807, 2.05) is 11.8 Å². The molecule has 1 atom stereocenters. The first-order valence-corrected chi connectivity index (χ1v) is 10.1. The first-order chi connectivity index (χ1) is 10.5. The van der Waals surface area contributed by atoms with Gasteiger partial charge in [-0.1, -0.05) is 0 Å². The highest BCUT2D eigenvalue weighted by Gasteiger charge is 2.27. The van der Waals surface area contributed by atoms with Gasteiger partial charge in [-0.15, -0.1) is 0 Å². The Labute approximate surface area is 141 Å². The quantitative estimate of drug-likeness (QED) is 0.600. The molecule has 0 bridgehead atoms. The van der Waals surface area contributed by atoms with Crippen LogP contribution in [0.2, 0.25) is 0 Å². The summed E-state index contributed by atoms with van der Waals surface area (Å²) in [4.78, 5) is 10.0. The van der Waals surface area contributed by atoms with Gasteiger partial charge < -0.3 is 15.1 Å². The molecule has 128 valence electrons. The molecule has 2 heterocycles. The highest BCUT2D eigenvalue weighted by Crippen LogP contribution is 2.23. The predicted molar refractivity (Wildman–Crippen MR) is 98.9 cm³/mol. The van der Waals surface area contributed by atoms with Crippen molar-refractivity contribution in [2.75, 3.05) is 52.1 Å². The number of guanidine groups is 1. The summed E-state index contributed by atoms with van der Waals surface area (Å²) in [6, 6.07) is 0. The molecule has 0 aromatic rings. The number of hydrogen-bond acceptors (Lipinski definition) is 3. The minimum atomic E-state index is 0.218. The number of aliphatic imine (C=N–C) groups is 1. The molecule has 1 unspecified atom stereocenters. The highest BCUT2D eigenvalue weighted by atomic mass is 32.2. The molecular formula is C17H34N4S. The molecule has 1 N–H and O–H groups in total. The summed E-state index contributed by atoms with van der Waals surface area (Å²) in [7, 11) is 0. The fourth-order valence-corrected chi connectivity index (χ4v) is 3.45. The summed E-state index contributed by atoms with van der Waals surface area (Å²) in [5.41, 5.74) is 0. The van der Waals surface area contributed by atoms with Gasteiger partial charge in [0.15, 0.2) is 5.96 Å². The molecule has 4 nitrogen and oxygen atoms in total. The maximum atomic E-state index is 4.90. The van der Waals surface area contributed by atoms with E-state index in [1.165, 1.54) is 45.4 Å². The molecule has 2 saturated heterocycles. The number of nitrogens with zero attached hydrogens (tertiary/aromatic N) is 3. The van der Waals surface area contributed by atoms with Crippen molar-refractivity contribution in [1.82, 2.24) is 15.1 Å². The molecular weight excluding hydrogens is 292 g/mol. The van der Waals surface area contributed by atoms with Crippen molar-refractivity contribution < 1.29 is 0 Å². The van der Waals surface area contributed by atoms with E-state index >= 15 is 0 Å². The first-order valence-electron chi connectivity index (χ1n) is 8.85. The van der Waals surface area contributed by atoms with Gasteiger partial charge in [0.25, 0.3) is 0 Å². The van der Waals surface area contributed by atoms with E-state index in [-0.39, 0.29) is 4.75 Å². The summed E-state index contributed by atoms with van der Waals surface area (Å²) in [5.74, 6) is 1.93. The van der Waals surface area contributed by atoms with Crippen molar-refractivity contribution in [2.24, 2.45) is 10.9 Å². The molecule has 2 aliphatic rings. The van der Waals surface area contributed by atoms with Gasteiger partial charge in [-0.2, -0.15) is 11.8 Å². The van der Waals surface area contributed by atoms with E-state index in [9.17, 15) is 0 Å². The molecule has 0 saturated carbocycles. The van der Waals surface area contributed by atoms with Gasteiger partial charge in [0, 0.05) is 30.9 Å². The van der Waals surface area contributed by atoms with E-state index in [1.54, 1.807) is 0 Å². The second-order valence-electron chi connectivity index (χ2n) is 7.24. The SMILES string of the molecule is CCNC(=NCC(C)(C)SC)N1CCC(CN2CCCC2)C1. The lowest BCUT2D eigenvalue weighted by molar-refractivity contribution is 0.281. The Bertz CT molecular complexity index is 364. The summed E-state index contributed by atoms with van der Waals surface area (Å²) in [6.07, 6.45) is 6.27. The van der Waals surface area contributed by atoms with Crippen LogP contribution < -0.4 is 5.32 Å². The maximum Gasteiger partial charge on any atom is 0.193 e. The van der Waals surface area contributed by atoms with E-state index in [0.29, 0.717) is 0 Å². The van der Waals surface area contributed by atoms with E-state index in [4.69, 9.17) is 4.99 Å².